The molecule has 2 N–H and O–H groups in total. The van der Waals surface area contributed by atoms with Crippen LogP contribution < -0.4 is 10.1 Å². The van der Waals surface area contributed by atoms with Crippen LogP contribution in [0.5, 0.6) is 11.5 Å². The number of phenols is 1. The molecule has 1 fully saturated rings. The van der Waals surface area contributed by atoms with Gasteiger partial charge in [-0.25, -0.2) is 0 Å². The van der Waals surface area contributed by atoms with Crippen LogP contribution in [0, 0.1) is 5.92 Å². The standard InChI is InChI=1S/C12H17NO2S/c1-15-12-3-2-10(6-11(12)14)13-7-9-4-5-16-8-9/h2-3,6,9,13-14H,4-5,7-8H2,1H3. The number of thioether (sulfide) groups is 1. The van der Waals surface area contributed by atoms with Gasteiger partial charge in [0.1, 0.15) is 0 Å². The van der Waals surface area contributed by atoms with E-state index in [-0.39, 0.29) is 5.75 Å². The zero-order valence-electron chi connectivity index (χ0n) is 9.40. The maximum Gasteiger partial charge on any atom is 0.160 e. The van der Waals surface area contributed by atoms with E-state index in [9.17, 15) is 5.11 Å². The fraction of sp³-hybridized carbons (Fsp3) is 0.500. The molecule has 0 amide bonds. The van der Waals surface area contributed by atoms with Gasteiger partial charge in [0.2, 0.25) is 0 Å². The average molecular weight is 239 g/mol. The third-order valence-electron chi connectivity index (χ3n) is 2.80. The zero-order chi connectivity index (χ0) is 11.4. The molecule has 1 aliphatic heterocycles. The van der Waals surface area contributed by atoms with Crippen molar-refractivity contribution < 1.29 is 9.84 Å². The molecule has 1 atom stereocenters. The molecule has 0 spiro atoms. The van der Waals surface area contributed by atoms with Crippen molar-refractivity contribution in [1.29, 1.82) is 0 Å². The first-order valence-electron chi connectivity index (χ1n) is 5.48. The van der Waals surface area contributed by atoms with Crippen molar-refractivity contribution in [2.75, 3.05) is 30.5 Å². The summed E-state index contributed by atoms with van der Waals surface area (Å²) < 4.78 is 5.00. The van der Waals surface area contributed by atoms with Crippen molar-refractivity contribution >= 4 is 17.4 Å². The minimum Gasteiger partial charge on any atom is -0.504 e. The summed E-state index contributed by atoms with van der Waals surface area (Å²) in [6.07, 6.45) is 1.29. The Kier molecular flexibility index (Phi) is 3.83. The molecule has 0 saturated carbocycles. The van der Waals surface area contributed by atoms with E-state index >= 15 is 0 Å². The molecular weight excluding hydrogens is 222 g/mol. The van der Waals surface area contributed by atoms with Crippen molar-refractivity contribution in [1.82, 2.24) is 0 Å². The molecular formula is C12H17NO2S. The van der Waals surface area contributed by atoms with E-state index in [1.165, 1.54) is 17.9 Å². The van der Waals surface area contributed by atoms with Crippen LogP contribution in [-0.4, -0.2) is 30.3 Å². The third kappa shape index (κ3) is 2.76. The summed E-state index contributed by atoms with van der Waals surface area (Å²) in [6, 6.07) is 5.42. The van der Waals surface area contributed by atoms with Gasteiger partial charge >= 0.3 is 0 Å². The van der Waals surface area contributed by atoms with Gasteiger partial charge in [-0.1, -0.05) is 0 Å². The Hall–Kier alpha value is -1.03. The van der Waals surface area contributed by atoms with Crippen molar-refractivity contribution in [3.05, 3.63) is 18.2 Å². The number of anilines is 1. The topological polar surface area (TPSA) is 41.5 Å². The number of phenolic OH excluding ortho intramolecular Hbond substituents is 1. The normalized spacial score (nSPS) is 19.7. The molecule has 1 aromatic carbocycles. The molecule has 1 heterocycles. The summed E-state index contributed by atoms with van der Waals surface area (Å²) >= 11 is 2.02. The average Bonchev–Trinajstić information content (AvgIpc) is 2.79. The van der Waals surface area contributed by atoms with Crippen LogP contribution in [-0.2, 0) is 0 Å². The lowest BCUT2D eigenvalue weighted by Gasteiger charge is -2.12. The number of hydrogen-bond acceptors (Lipinski definition) is 4. The first kappa shape index (κ1) is 11.5. The quantitative estimate of drug-likeness (QED) is 0.847. The fourth-order valence-corrected chi connectivity index (χ4v) is 3.09. The van der Waals surface area contributed by atoms with Crippen molar-refractivity contribution in [3.8, 4) is 11.5 Å². The van der Waals surface area contributed by atoms with Crippen LogP contribution in [0.2, 0.25) is 0 Å². The Labute approximate surface area is 100 Å². The van der Waals surface area contributed by atoms with Gasteiger partial charge in [-0.15, -0.1) is 0 Å². The van der Waals surface area contributed by atoms with E-state index in [1.807, 2.05) is 17.8 Å². The summed E-state index contributed by atoms with van der Waals surface area (Å²) in [4.78, 5) is 0. The van der Waals surface area contributed by atoms with Gasteiger partial charge in [-0.05, 0) is 36.0 Å². The Bertz CT molecular complexity index is 351. The minimum absolute atomic E-state index is 0.188. The van der Waals surface area contributed by atoms with E-state index in [4.69, 9.17) is 4.74 Å². The first-order chi connectivity index (χ1) is 7.79. The van der Waals surface area contributed by atoms with E-state index in [0.717, 1.165) is 18.2 Å². The van der Waals surface area contributed by atoms with Gasteiger partial charge < -0.3 is 15.2 Å². The van der Waals surface area contributed by atoms with E-state index in [2.05, 4.69) is 5.32 Å². The second kappa shape index (κ2) is 5.34. The molecule has 16 heavy (non-hydrogen) atoms. The van der Waals surface area contributed by atoms with Gasteiger partial charge in [0.25, 0.3) is 0 Å². The Balaban J connectivity index is 1.91. The molecule has 0 radical (unpaired) electrons. The summed E-state index contributed by atoms with van der Waals surface area (Å²) in [6.45, 7) is 0.985. The highest BCUT2D eigenvalue weighted by atomic mass is 32.2. The molecule has 1 saturated heterocycles. The van der Waals surface area contributed by atoms with Crippen LogP contribution in [0.3, 0.4) is 0 Å². The van der Waals surface area contributed by atoms with Crippen molar-refractivity contribution in [2.45, 2.75) is 6.42 Å². The molecule has 0 aromatic heterocycles. The van der Waals surface area contributed by atoms with Crippen molar-refractivity contribution in [2.24, 2.45) is 5.92 Å². The monoisotopic (exact) mass is 239 g/mol. The van der Waals surface area contributed by atoms with Gasteiger partial charge in [0.15, 0.2) is 11.5 Å². The number of methoxy groups -OCH3 is 1. The highest BCUT2D eigenvalue weighted by Crippen LogP contribution is 2.29. The molecule has 2 rings (SSSR count). The number of rotatable bonds is 4. The van der Waals surface area contributed by atoms with Crippen LogP contribution in [0.4, 0.5) is 5.69 Å². The smallest absolute Gasteiger partial charge is 0.160 e. The fourth-order valence-electron chi connectivity index (χ4n) is 1.81. The molecule has 1 aliphatic rings. The molecule has 4 heteroatoms. The number of nitrogens with one attached hydrogen (secondary N) is 1. The maximum atomic E-state index is 9.61. The summed E-state index contributed by atoms with van der Waals surface area (Å²) in [5, 5.41) is 13.0. The van der Waals surface area contributed by atoms with Gasteiger partial charge in [-0.3, -0.25) is 0 Å². The first-order valence-corrected chi connectivity index (χ1v) is 6.63. The van der Waals surface area contributed by atoms with Gasteiger partial charge in [0.05, 0.1) is 7.11 Å². The van der Waals surface area contributed by atoms with Crippen LogP contribution >= 0.6 is 11.8 Å². The highest BCUT2D eigenvalue weighted by Gasteiger charge is 2.14. The lowest BCUT2D eigenvalue weighted by Crippen LogP contribution is -2.13. The number of aromatic hydroxyl groups is 1. The predicted octanol–water partition coefficient (Wildman–Crippen LogP) is 2.57. The minimum atomic E-state index is 0.188. The zero-order valence-corrected chi connectivity index (χ0v) is 10.2. The molecule has 88 valence electrons. The Morgan fingerprint density at radius 1 is 1.56 bits per heavy atom. The molecule has 1 aromatic rings. The SMILES string of the molecule is COc1ccc(NCC2CCSC2)cc1O. The Morgan fingerprint density at radius 2 is 2.44 bits per heavy atom. The Morgan fingerprint density at radius 3 is 3.06 bits per heavy atom. The largest absolute Gasteiger partial charge is 0.504 e. The number of benzene rings is 1. The van der Waals surface area contributed by atoms with E-state index in [1.54, 1.807) is 19.2 Å². The van der Waals surface area contributed by atoms with Crippen molar-refractivity contribution in [3.63, 3.8) is 0 Å². The molecule has 0 bridgehead atoms. The molecule has 0 aliphatic carbocycles. The maximum absolute atomic E-state index is 9.61. The van der Waals surface area contributed by atoms with E-state index in [0.29, 0.717) is 5.75 Å². The lowest BCUT2D eigenvalue weighted by molar-refractivity contribution is 0.373. The van der Waals surface area contributed by atoms with Gasteiger partial charge in [0, 0.05) is 18.3 Å². The number of hydrogen-bond donors (Lipinski definition) is 2. The molecule has 3 nitrogen and oxygen atoms in total. The van der Waals surface area contributed by atoms with Crippen LogP contribution in [0.25, 0.3) is 0 Å². The summed E-state index contributed by atoms with van der Waals surface area (Å²) in [7, 11) is 1.55. The lowest BCUT2D eigenvalue weighted by atomic mass is 10.1. The third-order valence-corrected chi connectivity index (χ3v) is 4.03. The second-order valence-corrected chi connectivity index (χ2v) is 5.15. The molecule has 1 unspecified atom stereocenters. The second-order valence-electron chi connectivity index (χ2n) is 4.00. The van der Waals surface area contributed by atoms with E-state index < -0.39 is 0 Å². The summed E-state index contributed by atoms with van der Waals surface area (Å²) in [5.74, 6) is 3.99. The van der Waals surface area contributed by atoms with Crippen LogP contribution in [0.1, 0.15) is 6.42 Å². The predicted molar refractivity (Wildman–Crippen MR) is 68.6 cm³/mol. The van der Waals surface area contributed by atoms with Gasteiger partial charge in [-0.2, -0.15) is 11.8 Å². The van der Waals surface area contributed by atoms with Crippen LogP contribution in [0.15, 0.2) is 18.2 Å². The number of ether oxygens (including phenoxy) is 1. The summed E-state index contributed by atoms with van der Waals surface area (Å²) in [5.41, 5.74) is 0.954. The highest BCUT2D eigenvalue weighted by molar-refractivity contribution is 7.99.